The number of hydrogen-bond acceptors (Lipinski definition) is 3. The number of nitrogens with zero attached hydrogens (tertiary/aromatic N) is 1. The Balaban J connectivity index is 2.05. The lowest BCUT2D eigenvalue weighted by Crippen LogP contribution is -2.28. The van der Waals surface area contributed by atoms with Crippen LogP contribution in [0.25, 0.3) is 0 Å². The molecule has 0 saturated carbocycles. The second kappa shape index (κ2) is 7.51. The molecule has 0 aromatic carbocycles. The Morgan fingerprint density at radius 3 is 2.65 bits per heavy atom. The molecule has 1 aromatic heterocycles. The van der Waals surface area contributed by atoms with Gasteiger partial charge < -0.3 is 14.6 Å². The molecule has 0 aliphatic carbocycles. The molecule has 1 unspecified atom stereocenters. The zero-order chi connectivity index (χ0) is 12.7. The molecule has 1 rings (SSSR count). The SMILES string of the molecule is CC(NCCCCN(C)C(C)C)c1ccoc1. The molecule has 0 aliphatic rings. The summed E-state index contributed by atoms with van der Waals surface area (Å²) in [6.45, 7) is 8.89. The number of rotatable bonds is 8. The van der Waals surface area contributed by atoms with Crippen LogP contribution in [0, 0.1) is 0 Å². The third kappa shape index (κ3) is 5.37. The lowest BCUT2D eigenvalue weighted by Gasteiger charge is -2.21. The van der Waals surface area contributed by atoms with Crippen molar-refractivity contribution in [3.8, 4) is 0 Å². The molecule has 3 heteroatoms. The minimum atomic E-state index is 0.386. The molecule has 1 aromatic rings. The minimum absolute atomic E-state index is 0.386. The van der Waals surface area contributed by atoms with E-state index in [0.29, 0.717) is 12.1 Å². The molecule has 0 radical (unpaired) electrons. The Morgan fingerprint density at radius 1 is 1.29 bits per heavy atom. The monoisotopic (exact) mass is 238 g/mol. The number of furan rings is 1. The summed E-state index contributed by atoms with van der Waals surface area (Å²) < 4.78 is 5.07. The van der Waals surface area contributed by atoms with Gasteiger partial charge >= 0.3 is 0 Å². The average molecular weight is 238 g/mol. The first-order chi connectivity index (χ1) is 8.11. The van der Waals surface area contributed by atoms with Crippen molar-refractivity contribution >= 4 is 0 Å². The van der Waals surface area contributed by atoms with Gasteiger partial charge in [0.2, 0.25) is 0 Å². The van der Waals surface area contributed by atoms with E-state index in [1.807, 2.05) is 12.3 Å². The van der Waals surface area contributed by atoms with Gasteiger partial charge in [-0.15, -0.1) is 0 Å². The summed E-state index contributed by atoms with van der Waals surface area (Å²) >= 11 is 0. The van der Waals surface area contributed by atoms with E-state index in [1.165, 1.54) is 24.9 Å². The maximum absolute atomic E-state index is 5.07. The molecule has 0 spiro atoms. The fraction of sp³-hybridized carbons (Fsp3) is 0.714. The van der Waals surface area contributed by atoms with Gasteiger partial charge in [-0.05, 0) is 59.8 Å². The maximum atomic E-state index is 5.07. The van der Waals surface area contributed by atoms with Gasteiger partial charge in [0.25, 0.3) is 0 Å². The largest absolute Gasteiger partial charge is 0.472 e. The topological polar surface area (TPSA) is 28.4 Å². The molecule has 0 amide bonds. The third-order valence-corrected chi connectivity index (χ3v) is 3.31. The highest BCUT2D eigenvalue weighted by Crippen LogP contribution is 2.11. The summed E-state index contributed by atoms with van der Waals surface area (Å²) in [5, 5.41) is 3.51. The quantitative estimate of drug-likeness (QED) is 0.706. The van der Waals surface area contributed by atoms with Gasteiger partial charge in [-0.3, -0.25) is 0 Å². The molecule has 0 aliphatic heterocycles. The molecule has 0 fully saturated rings. The fourth-order valence-corrected chi connectivity index (χ4v) is 1.70. The molecular weight excluding hydrogens is 212 g/mol. The van der Waals surface area contributed by atoms with E-state index < -0.39 is 0 Å². The maximum Gasteiger partial charge on any atom is 0.0950 e. The zero-order valence-corrected chi connectivity index (χ0v) is 11.6. The van der Waals surface area contributed by atoms with E-state index in [0.717, 1.165) is 6.54 Å². The zero-order valence-electron chi connectivity index (χ0n) is 11.6. The van der Waals surface area contributed by atoms with Crippen molar-refractivity contribution in [3.63, 3.8) is 0 Å². The Morgan fingerprint density at radius 2 is 2.06 bits per heavy atom. The van der Waals surface area contributed by atoms with Crippen molar-refractivity contribution in [1.29, 1.82) is 0 Å². The van der Waals surface area contributed by atoms with Gasteiger partial charge in [0.15, 0.2) is 0 Å². The van der Waals surface area contributed by atoms with E-state index >= 15 is 0 Å². The van der Waals surface area contributed by atoms with Crippen LogP contribution in [-0.2, 0) is 0 Å². The van der Waals surface area contributed by atoms with Crippen molar-refractivity contribution in [1.82, 2.24) is 10.2 Å². The first-order valence-electron chi connectivity index (χ1n) is 6.57. The van der Waals surface area contributed by atoms with Crippen LogP contribution in [0.15, 0.2) is 23.0 Å². The second-order valence-electron chi connectivity index (χ2n) is 5.01. The molecule has 17 heavy (non-hydrogen) atoms. The van der Waals surface area contributed by atoms with Gasteiger partial charge in [-0.1, -0.05) is 0 Å². The Labute approximate surface area is 105 Å². The van der Waals surface area contributed by atoms with Crippen LogP contribution in [0.2, 0.25) is 0 Å². The first kappa shape index (κ1) is 14.3. The Kier molecular flexibility index (Phi) is 6.30. The summed E-state index contributed by atoms with van der Waals surface area (Å²) in [7, 11) is 2.19. The van der Waals surface area contributed by atoms with Crippen molar-refractivity contribution in [2.45, 2.75) is 45.7 Å². The molecule has 1 atom stereocenters. The summed E-state index contributed by atoms with van der Waals surface area (Å²) in [4.78, 5) is 2.39. The van der Waals surface area contributed by atoms with Crippen LogP contribution < -0.4 is 5.32 Å². The Bertz CT molecular complexity index is 282. The van der Waals surface area contributed by atoms with E-state index in [-0.39, 0.29) is 0 Å². The number of hydrogen-bond donors (Lipinski definition) is 1. The smallest absolute Gasteiger partial charge is 0.0950 e. The van der Waals surface area contributed by atoms with Crippen LogP contribution in [0.4, 0.5) is 0 Å². The van der Waals surface area contributed by atoms with Crippen LogP contribution >= 0.6 is 0 Å². The van der Waals surface area contributed by atoms with Crippen LogP contribution in [0.3, 0.4) is 0 Å². The average Bonchev–Trinajstić information content (AvgIpc) is 2.81. The highest BCUT2D eigenvalue weighted by Gasteiger charge is 2.05. The van der Waals surface area contributed by atoms with E-state index in [9.17, 15) is 0 Å². The summed E-state index contributed by atoms with van der Waals surface area (Å²) in [5.41, 5.74) is 1.23. The van der Waals surface area contributed by atoms with E-state index in [4.69, 9.17) is 4.42 Å². The Hall–Kier alpha value is -0.800. The van der Waals surface area contributed by atoms with Crippen LogP contribution in [0.1, 0.15) is 45.2 Å². The summed E-state index contributed by atoms with van der Waals surface area (Å²) in [6, 6.07) is 3.05. The number of unbranched alkanes of at least 4 members (excludes halogenated alkanes) is 1. The van der Waals surface area contributed by atoms with Crippen molar-refractivity contribution < 1.29 is 4.42 Å². The van der Waals surface area contributed by atoms with Gasteiger partial charge in [0.1, 0.15) is 0 Å². The highest BCUT2D eigenvalue weighted by atomic mass is 16.3. The van der Waals surface area contributed by atoms with Crippen LogP contribution in [0.5, 0.6) is 0 Å². The normalized spacial score (nSPS) is 13.5. The lowest BCUT2D eigenvalue weighted by atomic mass is 10.2. The fourth-order valence-electron chi connectivity index (χ4n) is 1.70. The lowest BCUT2D eigenvalue weighted by molar-refractivity contribution is 0.267. The standard InChI is InChI=1S/C14H26N2O/c1-12(2)16(4)9-6-5-8-15-13(3)14-7-10-17-11-14/h7,10-13,15H,5-6,8-9H2,1-4H3. The predicted molar refractivity (Wildman–Crippen MR) is 72.1 cm³/mol. The van der Waals surface area contributed by atoms with E-state index in [2.05, 4.69) is 38.0 Å². The molecule has 0 bridgehead atoms. The highest BCUT2D eigenvalue weighted by molar-refractivity contribution is 5.09. The molecule has 0 saturated heterocycles. The van der Waals surface area contributed by atoms with Gasteiger partial charge in [0.05, 0.1) is 12.5 Å². The minimum Gasteiger partial charge on any atom is -0.472 e. The second-order valence-corrected chi connectivity index (χ2v) is 5.01. The summed E-state index contributed by atoms with van der Waals surface area (Å²) in [6.07, 6.45) is 6.01. The predicted octanol–water partition coefficient (Wildman–Crippen LogP) is 3.05. The van der Waals surface area contributed by atoms with Crippen molar-refractivity contribution in [2.24, 2.45) is 0 Å². The molecule has 1 heterocycles. The number of nitrogens with one attached hydrogen (secondary N) is 1. The van der Waals surface area contributed by atoms with Crippen LogP contribution in [-0.4, -0.2) is 31.1 Å². The molecule has 3 nitrogen and oxygen atoms in total. The van der Waals surface area contributed by atoms with Gasteiger partial charge in [-0.2, -0.15) is 0 Å². The molecule has 1 N–H and O–H groups in total. The van der Waals surface area contributed by atoms with Crippen molar-refractivity contribution in [3.05, 3.63) is 24.2 Å². The van der Waals surface area contributed by atoms with Crippen molar-refractivity contribution in [2.75, 3.05) is 20.1 Å². The van der Waals surface area contributed by atoms with Gasteiger partial charge in [-0.25, -0.2) is 0 Å². The van der Waals surface area contributed by atoms with Gasteiger partial charge in [0, 0.05) is 17.6 Å². The molecule has 98 valence electrons. The molecular formula is C14H26N2O. The first-order valence-corrected chi connectivity index (χ1v) is 6.57. The van der Waals surface area contributed by atoms with E-state index in [1.54, 1.807) is 6.26 Å². The summed E-state index contributed by atoms with van der Waals surface area (Å²) in [5.74, 6) is 0. The third-order valence-electron chi connectivity index (χ3n) is 3.31.